The van der Waals surface area contributed by atoms with Crippen LogP contribution in [-0.4, -0.2) is 11.3 Å². The van der Waals surface area contributed by atoms with Gasteiger partial charge in [-0.1, -0.05) is 18.2 Å². The highest BCUT2D eigenvalue weighted by Crippen LogP contribution is 2.29. The Kier molecular flexibility index (Phi) is 7.49. The summed E-state index contributed by atoms with van der Waals surface area (Å²) in [7, 11) is 0. The van der Waals surface area contributed by atoms with Gasteiger partial charge in [0.2, 0.25) is 0 Å². The summed E-state index contributed by atoms with van der Waals surface area (Å²) in [5.41, 5.74) is 7.85. The molecule has 4 nitrogen and oxygen atoms in total. The number of rotatable bonds is 5. The van der Waals surface area contributed by atoms with Gasteiger partial charge in [0.25, 0.3) is 0 Å². The van der Waals surface area contributed by atoms with E-state index in [4.69, 9.17) is 22.5 Å². The average Bonchev–Trinajstić information content (AvgIpc) is 2.60. The van der Waals surface area contributed by atoms with Crippen LogP contribution in [0, 0.1) is 6.58 Å². The molecule has 0 saturated carbocycles. The Bertz CT molecular complexity index is 732. The molecule has 24 heavy (non-hydrogen) atoms. The van der Waals surface area contributed by atoms with E-state index in [1.807, 2.05) is 13.0 Å². The molecule has 0 bridgehead atoms. The molecule has 0 saturated heterocycles. The Labute approximate surface area is 142 Å². The Balaban J connectivity index is 0.000000277. The van der Waals surface area contributed by atoms with Gasteiger partial charge in [0.15, 0.2) is 23.8 Å². The van der Waals surface area contributed by atoms with Crippen LogP contribution in [-0.2, 0) is 0 Å². The van der Waals surface area contributed by atoms with Crippen molar-refractivity contribution in [1.29, 1.82) is 0 Å². The molecule has 4 heteroatoms. The predicted octanol–water partition coefficient (Wildman–Crippen LogP) is 3.07. The van der Waals surface area contributed by atoms with E-state index in [0.717, 1.165) is 11.1 Å². The largest absolute Gasteiger partial charge is 0.504 e. The minimum absolute atomic E-state index is 0.120. The summed E-state index contributed by atoms with van der Waals surface area (Å²) < 4.78 is 5.46. The van der Waals surface area contributed by atoms with Gasteiger partial charge in [0.05, 0.1) is 0 Å². The van der Waals surface area contributed by atoms with E-state index in [1.165, 1.54) is 12.3 Å². The van der Waals surface area contributed by atoms with Gasteiger partial charge in [-0.05, 0) is 49.9 Å². The van der Waals surface area contributed by atoms with Gasteiger partial charge in [0.1, 0.15) is 16.9 Å². The molecule has 2 aromatic rings. The van der Waals surface area contributed by atoms with Crippen LogP contribution in [0.5, 0.6) is 17.2 Å². The Hall–Kier alpha value is -3.36. The molecule has 0 fully saturated rings. The Morgan fingerprint density at radius 1 is 1.21 bits per heavy atom. The lowest BCUT2D eigenvalue weighted by molar-refractivity contribution is -0.104. The number of para-hydroxylation sites is 2. The van der Waals surface area contributed by atoms with Crippen molar-refractivity contribution < 1.29 is 15.3 Å². The summed E-state index contributed by atoms with van der Waals surface area (Å²) in [6, 6.07) is 13.8. The van der Waals surface area contributed by atoms with Crippen LogP contribution in [0.3, 0.4) is 0 Å². The lowest BCUT2D eigenvalue weighted by Gasteiger charge is -2.06. The second-order valence-electron chi connectivity index (χ2n) is 4.74. The molecule has 0 aliphatic heterocycles. The zero-order valence-electron chi connectivity index (χ0n) is 13.6. The lowest BCUT2D eigenvalue weighted by atomic mass is 10.1. The molecule has 0 amide bonds. The smallest absolute Gasteiger partial charge is 0.188 e. The lowest BCUT2D eigenvalue weighted by Crippen LogP contribution is -2.30. The molecule has 0 atom stereocenters. The first-order valence-electron chi connectivity index (χ1n) is 7.28. The minimum Gasteiger partial charge on any atom is -0.504 e. The maximum absolute atomic E-state index is 9.48. The molecule has 0 heterocycles. The molecule has 2 aromatic carbocycles. The average molecular weight is 322 g/mol. The zero-order valence-corrected chi connectivity index (χ0v) is 13.6. The highest BCUT2D eigenvalue weighted by molar-refractivity contribution is 5.80. The van der Waals surface area contributed by atoms with Crippen LogP contribution in [0.15, 0.2) is 78.4 Å². The van der Waals surface area contributed by atoms with Gasteiger partial charge in [0, 0.05) is 12.3 Å². The van der Waals surface area contributed by atoms with E-state index in [1.54, 1.807) is 48.5 Å². The number of ether oxygens (including phenoxy) is 1. The second-order valence-corrected chi connectivity index (χ2v) is 4.74. The normalized spacial score (nSPS) is 10.1. The van der Waals surface area contributed by atoms with E-state index in [0.29, 0.717) is 17.2 Å². The summed E-state index contributed by atoms with van der Waals surface area (Å²) in [5, 5.41) is 14.7. The number of nitrogens with two attached hydrogens (primary N) is 2. The van der Waals surface area contributed by atoms with Crippen LogP contribution >= 0.6 is 0 Å². The second kappa shape index (κ2) is 9.62. The van der Waals surface area contributed by atoms with E-state index in [9.17, 15) is 5.11 Å². The van der Waals surface area contributed by atoms with E-state index in [-0.39, 0.29) is 5.75 Å². The third-order valence-electron chi connectivity index (χ3n) is 3.04. The molecule has 0 aliphatic carbocycles. The number of hydrogen-bond donors (Lipinski definition) is 3. The number of hydrogen-bond acceptors (Lipinski definition) is 3. The van der Waals surface area contributed by atoms with Crippen molar-refractivity contribution in [2.45, 2.75) is 6.92 Å². The number of allylic oxidation sites excluding steroid dienone is 4. The topological polar surface area (TPSA) is 81.1 Å². The SMILES string of the molecule is Nc1ccc(Oc2ccccc2O)cc1.[CH+]=CC(=C)/C(C=[NH2+])=C/C. The molecule has 2 rings (SSSR count). The van der Waals surface area contributed by atoms with Gasteiger partial charge < -0.3 is 15.6 Å². The summed E-state index contributed by atoms with van der Waals surface area (Å²) in [4.78, 5) is 0. The third-order valence-corrected chi connectivity index (χ3v) is 3.04. The van der Waals surface area contributed by atoms with Crippen LogP contribution < -0.4 is 15.9 Å². The molecule has 122 valence electrons. The van der Waals surface area contributed by atoms with Gasteiger partial charge in [-0.2, -0.15) is 0 Å². The number of phenols is 1. The van der Waals surface area contributed by atoms with E-state index >= 15 is 0 Å². The first-order valence-corrected chi connectivity index (χ1v) is 7.28. The van der Waals surface area contributed by atoms with Gasteiger partial charge >= 0.3 is 0 Å². The van der Waals surface area contributed by atoms with Crippen molar-refractivity contribution in [3.05, 3.63) is 85.0 Å². The van der Waals surface area contributed by atoms with Crippen LogP contribution in [0.4, 0.5) is 5.69 Å². The summed E-state index contributed by atoms with van der Waals surface area (Å²) in [6.45, 7) is 10.7. The van der Waals surface area contributed by atoms with Gasteiger partial charge in [-0.25, -0.2) is 0 Å². The fourth-order valence-electron chi connectivity index (χ4n) is 1.69. The third kappa shape index (κ3) is 5.79. The number of anilines is 1. The fraction of sp³-hybridized carbons (Fsp3) is 0.0500. The van der Waals surface area contributed by atoms with Crippen LogP contribution in [0.2, 0.25) is 0 Å². The zero-order chi connectivity index (χ0) is 17.9. The van der Waals surface area contributed by atoms with Gasteiger partial charge in [-0.15, -0.1) is 0 Å². The Morgan fingerprint density at radius 2 is 1.83 bits per heavy atom. The molecular weight excluding hydrogens is 300 g/mol. The maximum Gasteiger partial charge on any atom is 0.188 e. The first-order chi connectivity index (χ1) is 11.5. The number of benzene rings is 2. The molecule has 0 unspecified atom stereocenters. The molecule has 0 aromatic heterocycles. The quantitative estimate of drug-likeness (QED) is 0.342. The van der Waals surface area contributed by atoms with Crippen molar-refractivity contribution in [3.63, 3.8) is 0 Å². The number of nitrogen functional groups attached to an aromatic ring is 1. The monoisotopic (exact) mass is 322 g/mol. The summed E-state index contributed by atoms with van der Waals surface area (Å²) in [6.07, 6.45) is 4.76. The highest BCUT2D eigenvalue weighted by atomic mass is 16.5. The predicted molar refractivity (Wildman–Crippen MR) is 98.8 cm³/mol. The minimum atomic E-state index is 0.120. The standard InChI is InChI=1S/C12H11NO2.C8H10N/c13-9-5-7-10(8-6-9)15-12-4-2-1-3-11(12)14;1-4-7(3)8(5-2)6-9/h1-8,14H,13H2;1,4-6,9H,3H2,2H3/q;+1/p+1/b;8-5+,9-6?. The highest BCUT2D eigenvalue weighted by Gasteiger charge is 2.03. The van der Waals surface area contributed by atoms with Crippen LogP contribution in [0.25, 0.3) is 0 Å². The van der Waals surface area contributed by atoms with Gasteiger partial charge in [-0.3, -0.25) is 5.41 Å². The Morgan fingerprint density at radius 3 is 2.29 bits per heavy atom. The molecular formula is C20H22N2O2+2. The molecule has 5 N–H and O–H groups in total. The maximum atomic E-state index is 9.48. The van der Waals surface area contributed by atoms with Crippen molar-refractivity contribution in [1.82, 2.24) is 0 Å². The number of phenolic OH excluding ortho intramolecular Hbond substituents is 1. The molecule has 0 aliphatic rings. The van der Waals surface area contributed by atoms with Crippen molar-refractivity contribution in [2.75, 3.05) is 5.73 Å². The van der Waals surface area contributed by atoms with Crippen molar-refractivity contribution in [2.24, 2.45) is 0 Å². The molecule has 0 spiro atoms. The van der Waals surface area contributed by atoms with Crippen molar-refractivity contribution >= 4 is 11.9 Å². The van der Waals surface area contributed by atoms with Crippen LogP contribution in [0.1, 0.15) is 6.92 Å². The summed E-state index contributed by atoms with van der Waals surface area (Å²) >= 11 is 0. The van der Waals surface area contributed by atoms with E-state index < -0.39 is 0 Å². The number of aromatic hydroxyl groups is 1. The van der Waals surface area contributed by atoms with Crippen molar-refractivity contribution in [3.8, 4) is 17.2 Å². The molecule has 0 radical (unpaired) electrons. The fourth-order valence-corrected chi connectivity index (χ4v) is 1.69. The first kappa shape index (κ1) is 18.7. The van der Waals surface area contributed by atoms with E-state index in [2.05, 4.69) is 6.58 Å². The summed E-state index contributed by atoms with van der Waals surface area (Å²) in [5.74, 6) is 1.20.